The van der Waals surface area contributed by atoms with E-state index in [4.69, 9.17) is 4.74 Å². The lowest BCUT2D eigenvalue weighted by Gasteiger charge is -2.28. The molecular formula is C10H12N2O2. The van der Waals surface area contributed by atoms with Crippen LogP contribution in [0.2, 0.25) is 0 Å². The van der Waals surface area contributed by atoms with Crippen molar-refractivity contribution in [2.75, 3.05) is 31.2 Å². The van der Waals surface area contributed by atoms with E-state index in [2.05, 4.69) is 9.88 Å². The Bertz CT molecular complexity index is 322. The SMILES string of the molecule is O=Cc1cncc(N2CCOCC2)c1. The summed E-state index contributed by atoms with van der Waals surface area (Å²) in [5.41, 5.74) is 1.62. The van der Waals surface area contributed by atoms with E-state index in [1.54, 1.807) is 12.4 Å². The van der Waals surface area contributed by atoms with E-state index in [0.29, 0.717) is 5.56 Å². The van der Waals surface area contributed by atoms with Gasteiger partial charge < -0.3 is 9.64 Å². The summed E-state index contributed by atoms with van der Waals surface area (Å²) in [7, 11) is 0. The van der Waals surface area contributed by atoms with E-state index >= 15 is 0 Å². The zero-order chi connectivity index (χ0) is 9.80. The molecule has 1 aromatic heterocycles. The summed E-state index contributed by atoms with van der Waals surface area (Å²) in [6.45, 7) is 3.21. The Labute approximate surface area is 82.5 Å². The molecule has 0 spiro atoms. The highest BCUT2D eigenvalue weighted by molar-refractivity contribution is 5.76. The third-order valence-corrected chi connectivity index (χ3v) is 2.26. The zero-order valence-corrected chi connectivity index (χ0v) is 7.85. The molecule has 0 N–H and O–H groups in total. The molecule has 1 saturated heterocycles. The minimum absolute atomic E-state index is 0.619. The van der Waals surface area contributed by atoms with Crippen LogP contribution in [0.3, 0.4) is 0 Å². The molecule has 0 aromatic carbocycles. The summed E-state index contributed by atoms with van der Waals surface area (Å²) >= 11 is 0. The molecule has 0 unspecified atom stereocenters. The van der Waals surface area contributed by atoms with Crippen LogP contribution in [0, 0.1) is 0 Å². The summed E-state index contributed by atoms with van der Waals surface area (Å²) < 4.78 is 5.25. The van der Waals surface area contributed by atoms with Crippen molar-refractivity contribution < 1.29 is 9.53 Å². The van der Waals surface area contributed by atoms with Gasteiger partial charge >= 0.3 is 0 Å². The van der Waals surface area contributed by atoms with Crippen molar-refractivity contribution in [1.82, 2.24) is 4.98 Å². The highest BCUT2D eigenvalue weighted by Gasteiger charge is 2.11. The molecule has 1 aliphatic rings. The van der Waals surface area contributed by atoms with Crippen molar-refractivity contribution in [3.05, 3.63) is 24.0 Å². The Kier molecular flexibility index (Phi) is 2.74. The van der Waals surface area contributed by atoms with Crippen LogP contribution >= 0.6 is 0 Å². The molecule has 0 bridgehead atoms. The standard InChI is InChI=1S/C10H12N2O2/c13-8-9-5-10(7-11-6-9)12-1-3-14-4-2-12/h5-8H,1-4H2. The van der Waals surface area contributed by atoms with Gasteiger partial charge in [0.1, 0.15) is 0 Å². The average molecular weight is 192 g/mol. The number of rotatable bonds is 2. The molecule has 0 saturated carbocycles. The predicted molar refractivity (Wildman–Crippen MR) is 52.7 cm³/mol. The fourth-order valence-electron chi connectivity index (χ4n) is 1.50. The number of hydrogen-bond donors (Lipinski definition) is 0. The van der Waals surface area contributed by atoms with Crippen LogP contribution < -0.4 is 4.90 Å². The number of aromatic nitrogens is 1. The molecule has 1 aliphatic heterocycles. The van der Waals surface area contributed by atoms with E-state index in [1.807, 2.05) is 6.07 Å². The Morgan fingerprint density at radius 2 is 2.14 bits per heavy atom. The lowest BCUT2D eigenvalue weighted by Crippen LogP contribution is -2.36. The number of carbonyl (C=O) groups excluding carboxylic acids is 1. The molecule has 4 nitrogen and oxygen atoms in total. The van der Waals surface area contributed by atoms with Gasteiger partial charge in [0.25, 0.3) is 0 Å². The van der Waals surface area contributed by atoms with E-state index < -0.39 is 0 Å². The Hall–Kier alpha value is -1.42. The van der Waals surface area contributed by atoms with Crippen LogP contribution in [0.1, 0.15) is 10.4 Å². The number of pyridine rings is 1. The van der Waals surface area contributed by atoms with Gasteiger partial charge in [-0.3, -0.25) is 9.78 Å². The minimum Gasteiger partial charge on any atom is -0.378 e. The number of carbonyl (C=O) groups is 1. The fourth-order valence-corrected chi connectivity index (χ4v) is 1.50. The number of anilines is 1. The monoisotopic (exact) mass is 192 g/mol. The first-order chi connectivity index (χ1) is 6.90. The quantitative estimate of drug-likeness (QED) is 0.648. The van der Waals surface area contributed by atoms with Crippen molar-refractivity contribution in [3.8, 4) is 0 Å². The highest BCUT2D eigenvalue weighted by atomic mass is 16.5. The number of aldehydes is 1. The molecule has 2 rings (SSSR count). The van der Waals surface area contributed by atoms with E-state index in [-0.39, 0.29) is 0 Å². The second-order valence-electron chi connectivity index (χ2n) is 3.19. The molecular weight excluding hydrogens is 180 g/mol. The van der Waals surface area contributed by atoms with Crippen molar-refractivity contribution >= 4 is 12.0 Å². The van der Waals surface area contributed by atoms with Gasteiger partial charge in [-0.1, -0.05) is 0 Å². The van der Waals surface area contributed by atoms with E-state index in [9.17, 15) is 4.79 Å². The summed E-state index contributed by atoms with van der Waals surface area (Å²) in [5.74, 6) is 0. The van der Waals surface area contributed by atoms with Crippen LogP contribution in [0.5, 0.6) is 0 Å². The van der Waals surface area contributed by atoms with Gasteiger partial charge in [-0.05, 0) is 6.07 Å². The lowest BCUT2D eigenvalue weighted by atomic mass is 10.2. The normalized spacial score (nSPS) is 16.7. The van der Waals surface area contributed by atoms with E-state index in [0.717, 1.165) is 38.3 Å². The van der Waals surface area contributed by atoms with Crippen molar-refractivity contribution in [1.29, 1.82) is 0 Å². The first kappa shape index (κ1) is 9.15. The molecule has 1 aromatic rings. The molecule has 14 heavy (non-hydrogen) atoms. The molecule has 0 aliphatic carbocycles. The van der Waals surface area contributed by atoms with Crippen LogP contribution in [-0.4, -0.2) is 37.6 Å². The second-order valence-corrected chi connectivity index (χ2v) is 3.19. The van der Waals surface area contributed by atoms with Crippen molar-refractivity contribution in [3.63, 3.8) is 0 Å². The topological polar surface area (TPSA) is 42.4 Å². The Morgan fingerprint density at radius 1 is 1.36 bits per heavy atom. The maximum absolute atomic E-state index is 10.6. The molecule has 1 fully saturated rings. The lowest BCUT2D eigenvalue weighted by molar-refractivity contribution is 0.112. The predicted octanol–water partition coefficient (Wildman–Crippen LogP) is 0.731. The Morgan fingerprint density at radius 3 is 2.86 bits per heavy atom. The van der Waals surface area contributed by atoms with Gasteiger partial charge in [-0.25, -0.2) is 0 Å². The fraction of sp³-hybridized carbons (Fsp3) is 0.400. The van der Waals surface area contributed by atoms with Crippen LogP contribution in [-0.2, 0) is 4.74 Å². The number of hydrogen-bond acceptors (Lipinski definition) is 4. The number of nitrogens with zero attached hydrogens (tertiary/aromatic N) is 2. The van der Waals surface area contributed by atoms with Gasteiger partial charge in [0, 0.05) is 24.8 Å². The minimum atomic E-state index is 0.619. The Balaban J connectivity index is 2.17. The van der Waals surface area contributed by atoms with Gasteiger partial charge in [-0.15, -0.1) is 0 Å². The molecule has 74 valence electrons. The third-order valence-electron chi connectivity index (χ3n) is 2.26. The van der Waals surface area contributed by atoms with Gasteiger partial charge in [0.2, 0.25) is 0 Å². The van der Waals surface area contributed by atoms with Crippen molar-refractivity contribution in [2.45, 2.75) is 0 Å². The maximum Gasteiger partial charge on any atom is 0.151 e. The van der Waals surface area contributed by atoms with Crippen LogP contribution in [0.25, 0.3) is 0 Å². The van der Waals surface area contributed by atoms with Gasteiger partial charge in [-0.2, -0.15) is 0 Å². The smallest absolute Gasteiger partial charge is 0.151 e. The molecule has 0 atom stereocenters. The van der Waals surface area contributed by atoms with Crippen molar-refractivity contribution in [2.24, 2.45) is 0 Å². The number of ether oxygens (including phenoxy) is 1. The zero-order valence-electron chi connectivity index (χ0n) is 7.85. The first-order valence-electron chi connectivity index (χ1n) is 4.63. The largest absolute Gasteiger partial charge is 0.378 e. The van der Waals surface area contributed by atoms with Crippen LogP contribution in [0.15, 0.2) is 18.5 Å². The van der Waals surface area contributed by atoms with E-state index in [1.165, 1.54) is 0 Å². The second kappa shape index (κ2) is 4.19. The molecule has 0 radical (unpaired) electrons. The maximum atomic E-state index is 10.6. The van der Waals surface area contributed by atoms with Crippen LogP contribution in [0.4, 0.5) is 5.69 Å². The third kappa shape index (κ3) is 1.90. The summed E-state index contributed by atoms with van der Waals surface area (Å²) in [4.78, 5) is 16.7. The molecule has 4 heteroatoms. The highest BCUT2D eigenvalue weighted by Crippen LogP contribution is 2.14. The molecule has 0 amide bonds. The van der Waals surface area contributed by atoms with Gasteiger partial charge in [0.15, 0.2) is 6.29 Å². The average Bonchev–Trinajstić information content (AvgIpc) is 2.30. The summed E-state index contributed by atoms with van der Waals surface area (Å²) in [5, 5.41) is 0. The summed E-state index contributed by atoms with van der Waals surface area (Å²) in [6.07, 6.45) is 4.16. The first-order valence-corrected chi connectivity index (χ1v) is 4.63. The van der Waals surface area contributed by atoms with Gasteiger partial charge in [0.05, 0.1) is 25.1 Å². The number of morpholine rings is 1. The molecule has 2 heterocycles. The summed E-state index contributed by atoms with van der Waals surface area (Å²) in [6, 6.07) is 1.85.